The van der Waals surface area contributed by atoms with Crippen molar-refractivity contribution in [1.29, 1.82) is 0 Å². The van der Waals surface area contributed by atoms with Crippen LogP contribution in [0, 0.1) is 0 Å². The number of carbonyl (C=O) groups is 1. The van der Waals surface area contributed by atoms with Crippen molar-refractivity contribution in [3.05, 3.63) is 41.9 Å². The highest BCUT2D eigenvalue weighted by atomic mass is 16.3. The highest BCUT2D eigenvalue weighted by Gasteiger charge is 2.37. The van der Waals surface area contributed by atoms with Gasteiger partial charge >= 0.3 is 0 Å². The Kier molecular flexibility index (Phi) is 4.51. The molecule has 1 aliphatic heterocycles. The van der Waals surface area contributed by atoms with Gasteiger partial charge in [0, 0.05) is 36.9 Å². The molecule has 7 nitrogen and oxygen atoms in total. The molecule has 1 fully saturated rings. The number of aromatic nitrogens is 3. The zero-order valence-corrected chi connectivity index (χ0v) is 14.9. The molecule has 1 aliphatic rings. The van der Waals surface area contributed by atoms with Crippen molar-refractivity contribution in [1.82, 2.24) is 20.5 Å². The molecule has 2 aromatic rings. The number of aliphatic hydroxyl groups is 1. The predicted octanol–water partition coefficient (Wildman–Crippen LogP) is 1.47. The zero-order valence-electron chi connectivity index (χ0n) is 14.9. The Balaban J connectivity index is 1.58. The van der Waals surface area contributed by atoms with Crippen LogP contribution in [0.25, 0.3) is 0 Å². The summed E-state index contributed by atoms with van der Waals surface area (Å²) in [5, 5.41) is 20.5. The fraction of sp³-hybridized carbons (Fsp3) is 0.500. The van der Waals surface area contributed by atoms with E-state index in [1.165, 1.54) is 0 Å². The summed E-state index contributed by atoms with van der Waals surface area (Å²) >= 11 is 0. The lowest BCUT2D eigenvalue weighted by molar-refractivity contribution is 0.0574. The van der Waals surface area contributed by atoms with Gasteiger partial charge in [0.05, 0.1) is 0 Å². The second-order valence-corrected chi connectivity index (χ2v) is 7.68. The minimum atomic E-state index is -0.962. The first-order chi connectivity index (χ1) is 11.8. The number of hydrogen-bond acceptors (Lipinski definition) is 5. The van der Waals surface area contributed by atoms with E-state index in [9.17, 15) is 9.90 Å². The Bertz CT molecular complexity index is 737. The fourth-order valence-electron chi connectivity index (χ4n) is 2.89. The largest absolute Gasteiger partial charge is 0.386 e. The number of aromatic amines is 1. The second kappa shape index (κ2) is 6.48. The molecule has 7 heteroatoms. The van der Waals surface area contributed by atoms with E-state index in [1.54, 1.807) is 12.3 Å². The summed E-state index contributed by atoms with van der Waals surface area (Å²) in [6.07, 6.45) is 2.32. The Labute approximate surface area is 147 Å². The topological polar surface area (TPSA) is 94.1 Å². The van der Waals surface area contributed by atoms with Crippen molar-refractivity contribution in [2.45, 2.75) is 38.2 Å². The number of β-amino-alcohol motifs (C(OH)–C–C–N with tert-alkyl or cyclic N) is 1. The average molecular weight is 343 g/mol. The first-order valence-electron chi connectivity index (χ1n) is 8.49. The van der Waals surface area contributed by atoms with Crippen LogP contribution in [0.2, 0.25) is 0 Å². The third kappa shape index (κ3) is 3.99. The molecule has 0 aliphatic carbocycles. The Hall–Kier alpha value is -2.41. The van der Waals surface area contributed by atoms with Crippen molar-refractivity contribution < 1.29 is 9.90 Å². The molecule has 3 heterocycles. The maximum absolute atomic E-state index is 12.3. The van der Waals surface area contributed by atoms with E-state index in [-0.39, 0.29) is 17.9 Å². The van der Waals surface area contributed by atoms with Gasteiger partial charge in [-0.1, -0.05) is 26.8 Å². The number of rotatable bonds is 4. The number of carbonyl (C=O) groups excluding carboxylic acids is 1. The third-order valence-corrected chi connectivity index (χ3v) is 4.50. The number of hydrogen-bond donors (Lipinski definition) is 3. The Morgan fingerprint density at radius 2 is 2.24 bits per heavy atom. The van der Waals surface area contributed by atoms with Crippen molar-refractivity contribution in [2.24, 2.45) is 0 Å². The van der Waals surface area contributed by atoms with Crippen LogP contribution in [0.15, 0.2) is 30.5 Å². The lowest BCUT2D eigenvalue weighted by atomic mass is 9.92. The molecule has 1 atom stereocenters. The molecule has 3 rings (SSSR count). The van der Waals surface area contributed by atoms with Crippen LogP contribution in [0.4, 0.5) is 5.82 Å². The summed E-state index contributed by atoms with van der Waals surface area (Å²) in [5.74, 6) is 0.559. The fourth-order valence-corrected chi connectivity index (χ4v) is 2.89. The maximum Gasteiger partial charge on any atom is 0.271 e. The number of pyridine rings is 1. The molecule has 1 saturated heterocycles. The van der Waals surface area contributed by atoms with Gasteiger partial charge in [0.25, 0.3) is 5.91 Å². The van der Waals surface area contributed by atoms with Gasteiger partial charge in [0.2, 0.25) is 0 Å². The van der Waals surface area contributed by atoms with Crippen LogP contribution in [0.1, 0.15) is 43.4 Å². The van der Waals surface area contributed by atoms with E-state index < -0.39 is 5.60 Å². The van der Waals surface area contributed by atoms with Crippen molar-refractivity contribution in [3.63, 3.8) is 0 Å². The molecule has 0 saturated carbocycles. The lowest BCUT2D eigenvalue weighted by Crippen LogP contribution is -2.45. The molecule has 1 amide bonds. The molecular formula is C18H25N5O2. The highest BCUT2D eigenvalue weighted by molar-refractivity contribution is 5.92. The minimum Gasteiger partial charge on any atom is -0.386 e. The number of nitrogens with one attached hydrogen (secondary N) is 2. The van der Waals surface area contributed by atoms with Gasteiger partial charge in [0.1, 0.15) is 17.1 Å². The van der Waals surface area contributed by atoms with Crippen molar-refractivity contribution >= 4 is 11.7 Å². The molecule has 0 aromatic carbocycles. The molecule has 0 bridgehead atoms. The standard InChI is InChI=1S/C18H25N5O2/c1-17(2,3)14-10-13(21-22-14)16(24)20-11-18(25)7-9-23(12-18)15-6-4-5-8-19-15/h4-6,8,10,25H,7,9,11-12H2,1-3H3,(H,20,24)(H,21,22)/t18-/m1/s1. The second-order valence-electron chi connectivity index (χ2n) is 7.68. The van der Waals surface area contributed by atoms with Crippen LogP contribution in [-0.2, 0) is 5.41 Å². The summed E-state index contributed by atoms with van der Waals surface area (Å²) < 4.78 is 0. The summed E-state index contributed by atoms with van der Waals surface area (Å²) in [4.78, 5) is 18.6. The SMILES string of the molecule is CC(C)(C)c1cc(C(=O)NC[C@]2(O)CCN(c3ccccn3)C2)n[nH]1. The van der Waals surface area contributed by atoms with Crippen LogP contribution >= 0.6 is 0 Å². The number of H-pyrrole nitrogens is 1. The molecule has 134 valence electrons. The van der Waals surface area contributed by atoms with Gasteiger partial charge in [0.15, 0.2) is 0 Å². The monoisotopic (exact) mass is 343 g/mol. The molecule has 3 N–H and O–H groups in total. The van der Waals surface area contributed by atoms with Crippen molar-refractivity contribution in [3.8, 4) is 0 Å². The van der Waals surface area contributed by atoms with E-state index in [2.05, 4.69) is 41.3 Å². The molecule has 2 aromatic heterocycles. The van der Waals surface area contributed by atoms with Crippen LogP contribution in [-0.4, -0.2) is 51.4 Å². The molecule has 25 heavy (non-hydrogen) atoms. The third-order valence-electron chi connectivity index (χ3n) is 4.50. The molecule has 0 unspecified atom stereocenters. The highest BCUT2D eigenvalue weighted by Crippen LogP contribution is 2.25. The van der Waals surface area contributed by atoms with Crippen LogP contribution < -0.4 is 10.2 Å². The molecule has 0 radical (unpaired) electrons. The lowest BCUT2D eigenvalue weighted by Gasteiger charge is -2.24. The number of nitrogens with zero attached hydrogens (tertiary/aromatic N) is 3. The van der Waals surface area contributed by atoms with Crippen molar-refractivity contribution in [2.75, 3.05) is 24.5 Å². The number of anilines is 1. The summed E-state index contributed by atoms with van der Waals surface area (Å²) in [5.41, 5.74) is 0.181. The maximum atomic E-state index is 12.3. The van der Waals surface area contributed by atoms with E-state index in [1.807, 2.05) is 23.1 Å². The zero-order chi connectivity index (χ0) is 18.1. The smallest absolute Gasteiger partial charge is 0.271 e. The van der Waals surface area contributed by atoms with Gasteiger partial charge < -0.3 is 15.3 Å². The minimum absolute atomic E-state index is 0.0988. The summed E-state index contributed by atoms with van der Waals surface area (Å²) in [6.45, 7) is 7.49. The average Bonchev–Trinajstić information content (AvgIpc) is 3.21. The van der Waals surface area contributed by atoms with Gasteiger partial charge in [-0.2, -0.15) is 5.10 Å². The summed E-state index contributed by atoms with van der Waals surface area (Å²) in [7, 11) is 0. The normalized spacial score (nSPS) is 20.7. The van der Waals surface area contributed by atoms with E-state index in [0.717, 1.165) is 11.5 Å². The van der Waals surface area contributed by atoms with Gasteiger partial charge in [-0.3, -0.25) is 9.89 Å². The molecular weight excluding hydrogens is 318 g/mol. The van der Waals surface area contributed by atoms with E-state index in [4.69, 9.17) is 0 Å². The Morgan fingerprint density at radius 1 is 1.44 bits per heavy atom. The van der Waals surface area contributed by atoms with Crippen LogP contribution in [0.3, 0.4) is 0 Å². The quantitative estimate of drug-likeness (QED) is 0.782. The van der Waals surface area contributed by atoms with Gasteiger partial charge in [-0.05, 0) is 24.6 Å². The first-order valence-corrected chi connectivity index (χ1v) is 8.49. The molecule has 0 spiro atoms. The van der Waals surface area contributed by atoms with E-state index >= 15 is 0 Å². The van der Waals surface area contributed by atoms with E-state index in [0.29, 0.717) is 25.2 Å². The number of amides is 1. The predicted molar refractivity (Wildman–Crippen MR) is 95.6 cm³/mol. The summed E-state index contributed by atoms with van der Waals surface area (Å²) in [6, 6.07) is 7.46. The van der Waals surface area contributed by atoms with Gasteiger partial charge in [-0.15, -0.1) is 0 Å². The van der Waals surface area contributed by atoms with Crippen LogP contribution in [0.5, 0.6) is 0 Å². The first kappa shape index (κ1) is 17.4. The van der Waals surface area contributed by atoms with Gasteiger partial charge in [-0.25, -0.2) is 4.98 Å². The Morgan fingerprint density at radius 3 is 2.88 bits per heavy atom.